The topological polar surface area (TPSA) is 15.3 Å². The molecule has 1 aliphatic carbocycles. The van der Waals surface area contributed by atoms with E-state index in [0.29, 0.717) is 12.1 Å². The van der Waals surface area contributed by atoms with E-state index in [1.54, 1.807) is 11.1 Å². The molecule has 1 aromatic carbocycles. The first kappa shape index (κ1) is 13.1. The molecule has 2 atom stereocenters. The van der Waals surface area contributed by atoms with Crippen molar-refractivity contribution in [3.8, 4) is 0 Å². The average molecular weight is 258 g/mol. The molecule has 2 heteroatoms. The number of benzene rings is 1. The monoisotopic (exact) mass is 258 g/mol. The van der Waals surface area contributed by atoms with Gasteiger partial charge in [0.15, 0.2) is 0 Å². The van der Waals surface area contributed by atoms with Crippen LogP contribution in [-0.2, 0) is 12.8 Å². The number of nitrogens with one attached hydrogen (secondary N) is 1. The van der Waals surface area contributed by atoms with Gasteiger partial charge < -0.3 is 5.32 Å². The first-order valence-electron chi connectivity index (χ1n) is 7.87. The van der Waals surface area contributed by atoms with Gasteiger partial charge in [0, 0.05) is 18.6 Å². The van der Waals surface area contributed by atoms with Crippen LogP contribution in [0.4, 0.5) is 0 Å². The van der Waals surface area contributed by atoms with Gasteiger partial charge in [-0.25, -0.2) is 0 Å². The van der Waals surface area contributed by atoms with Crippen LogP contribution >= 0.6 is 0 Å². The Morgan fingerprint density at radius 1 is 1.21 bits per heavy atom. The van der Waals surface area contributed by atoms with Crippen molar-refractivity contribution in [2.45, 2.75) is 51.1 Å². The molecule has 2 nitrogen and oxygen atoms in total. The lowest BCUT2D eigenvalue weighted by atomic mass is 9.88. The van der Waals surface area contributed by atoms with Gasteiger partial charge in [-0.15, -0.1) is 0 Å². The highest BCUT2D eigenvalue weighted by Crippen LogP contribution is 2.21. The Bertz CT molecular complexity index is 409. The molecule has 0 bridgehead atoms. The minimum Gasteiger partial charge on any atom is -0.312 e. The van der Waals surface area contributed by atoms with Crippen molar-refractivity contribution in [3.63, 3.8) is 0 Å². The van der Waals surface area contributed by atoms with Crippen molar-refractivity contribution < 1.29 is 0 Å². The molecule has 0 saturated carbocycles. The largest absolute Gasteiger partial charge is 0.312 e. The van der Waals surface area contributed by atoms with Crippen LogP contribution in [0.25, 0.3) is 0 Å². The summed E-state index contributed by atoms with van der Waals surface area (Å²) in [5.41, 5.74) is 3.12. The second kappa shape index (κ2) is 6.06. The van der Waals surface area contributed by atoms with Crippen molar-refractivity contribution in [3.05, 3.63) is 35.4 Å². The number of hydrogen-bond acceptors (Lipinski definition) is 2. The Balaban J connectivity index is 1.49. The number of nitrogens with zero attached hydrogens (tertiary/aromatic N) is 1. The summed E-state index contributed by atoms with van der Waals surface area (Å²) in [4.78, 5) is 2.63. The molecule has 0 aromatic heterocycles. The van der Waals surface area contributed by atoms with E-state index in [0.717, 1.165) is 6.54 Å². The SMILES string of the molecule is CC(CNC1CCc2ccccc2C1)N1CCCC1. The van der Waals surface area contributed by atoms with Gasteiger partial charge in [-0.2, -0.15) is 0 Å². The molecule has 1 heterocycles. The lowest BCUT2D eigenvalue weighted by Crippen LogP contribution is -2.44. The maximum absolute atomic E-state index is 3.80. The lowest BCUT2D eigenvalue weighted by molar-refractivity contribution is 0.243. The summed E-state index contributed by atoms with van der Waals surface area (Å²) in [6.45, 7) is 6.12. The van der Waals surface area contributed by atoms with Gasteiger partial charge in [-0.3, -0.25) is 4.90 Å². The van der Waals surface area contributed by atoms with Gasteiger partial charge in [-0.05, 0) is 63.2 Å². The van der Waals surface area contributed by atoms with Crippen LogP contribution in [0, 0.1) is 0 Å². The molecular weight excluding hydrogens is 232 g/mol. The molecule has 0 amide bonds. The van der Waals surface area contributed by atoms with Crippen LogP contribution in [0.3, 0.4) is 0 Å². The molecule has 3 rings (SSSR count). The molecule has 1 fully saturated rings. The smallest absolute Gasteiger partial charge is 0.0192 e. The van der Waals surface area contributed by atoms with E-state index in [1.165, 1.54) is 45.2 Å². The fourth-order valence-electron chi connectivity index (χ4n) is 3.52. The van der Waals surface area contributed by atoms with Gasteiger partial charge in [0.1, 0.15) is 0 Å². The second-order valence-corrected chi connectivity index (χ2v) is 6.21. The van der Waals surface area contributed by atoms with Crippen LogP contribution in [0.2, 0.25) is 0 Å². The van der Waals surface area contributed by atoms with Crippen molar-refractivity contribution in [2.75, 3.05) is 19.6 Å². The van der Waals surface area contributed by atoms with Crippen molar-refractivity contribution in [2.24, 2.45) is 0 Å². The highest BCUT2D eigenvalue weighted by atomic mass is 15.2. The van der Waals surface area contributed by atoms with E-state index in [-0.39, 0.29) is 0 Å². The van der Waals surface area contributed by atoms with E-state index in [2.05, 4.69) is 41.4 Å². The molecule has 2 unspecified atom stereocenters. The Morgan fingerprint density at radius 3 is 2.74 bits per heavy atom. The average Bonchev–Trinajstić information content (AvgIpc) is 2.99. The van der Waals surface area contributed by atoms with E-state index in [1.807, 2.05) is 0 Å². The van der Waals surface area contributed by atoms with Crippen LogP contribution < -0.4 is 5.32 Å². The van der Waals surface area contributed by atoms with Gasteiger partial charge in [0.05, 0.1) is 0 Å². The zero-order valence-electron chi connectivity index (χ0n) is 12.1. The minimum atomic E-state index is 0.681. The Labute approximate surface area is 117 Å². The van der Waals surface area contributed by atoms with Crippen molar-refractivity contribution >= 4 is 0 Å². The predicted octanol–water partition coefficient (Wildman–Crippen LogP) is 2.62. The molecule has 1 N–H and O–H groups in total. The highest BCUT2D eigenvalue weighted by molar-refractivity contribution is 5.30. The van der Waals surface area contributed by atoms with Crippen molar-refractivity contribution in [1.29, 1.82) is 0 Å². The molecule has 1 aliphatic heterocycles. The third kappa shape index (κ3) is 3.18. The lowest BCUT2D eigenvalue weighted by Gasteiger charge is -2.29. The number of hydrogen-bond donors (Lipinski definition) is 1. The number of likely N-dealkylation sites (tertiary alicyclic amines) is 1. The summed E-state index contributed by atoms with van der Waals surface area (Å²) >= 11 is 0. The minimum absolute atomic E-state index is 0.681. The molecule has 2 aliphatic rings. The van der Waals surface area contributed by atoms with Crippen molar-refractivity contribution in [1.82, 2.24) is 10.2 Å². The number of rotatable bonds is 4. The zero-order valence-corrected chi connectivity index (χ0v) is 12.1. The van der Waals surface area contributed by atoms with Gasteiger partial charge in [0.2, 0.25) is 0 Å². The van der Waals surface area contributed by atoms with Crippen LogP contribution in [0.1, 0.15) is 37.3 Å². The second-order valence-electron chi connectivity index (χ2n) is 6.21. The Hall–Kier alpha value is -0.860. The summed E-state index contributed by atoms with van der Waals surface area (Å²) in [5.74, 6) is 0. The first-order valence-corrected chi connectivity index (χ1v) is 7.87. The number of fused-ring (bicyclic) bond motifs is 1. The normalized spacial score (nSPS) is 25.2. The van der Waals surface area contributed by atoms with Gasteiger partial charge in [0.25, 0.3) is 0 Å². The Kier molecular flexibility index (Phi) is 4.19. The first-order chi connectivity index (χ1) is 9.33. The molecule has 19 heavy (non-hydrogen) atoms. The summed E-state index contributed by atoms with van der Waals surface area (Å²) in [5, 5.41) is 3.80. The summed E-state index contributed by atoms with van der Waals surface area (Å²) in [6, 6.07) is 10.3. The van der Waals surface area contributed by atoms with Gasteiger partial charge in [-0.1, -0.05) is 24.3 Å². The summed E-state index contributed by atoms with van der Waals surface area (Å²) in [7, 11) is 0. The third-order valence-electron chi connectivity index (χ3n) is 4.81. The maximum Gasteiger partial charge on any atom is 0.0192 e. The zero-order chi connectivity index (χ0) is 13.1. The van der Waals surface area contributed by atoms with Gasteiger partial charge >= 0.3 is 0 Å². The van der Waals surface area contributed by atoms with E-state index in [4.69, 9.17) is 0 Å². The molecule has 1 saturated heterocycles. The molecular formula is C17H26N2. The third-order valence-corrected chi connectivity index (χ3v) is 4.81. The fraction of sp³-hybridized carbons (Fsp3) is 0.647. The molecule has 104 valence electrons. The molecule has 0 radical (unpaired) electrons. The van der Waals surface area contributed by atoms with E-state index >= 15 is 0 Å². The van der Waals surface area contributed by atoms with Crippen LogP contribution in [0.5, 0.6) is 0 Å². The molecule has 1 aromatic rings. The predicted molar refractivity (Wildman–Crippen MR) is 80.5 cm³/mol. The number of aryl methyl sites for hydroxylation is 1. The van der Waals surface area contributed by atoms with Crippen LogP contribution in [0.15, 0.2) is 24.3 Å². The van der Waals surface area contributed by atoms with E-state index < -0.39 is 0 Å². The summed E-state index contributed by atoms with van der Waals surface area (Å²) < 4.78 is 0. The maximum atomic E-state index is 3.80. The van der Waals surface area contributed by atoms with Crippen LogP contribution in [-0.4, -0.2) is 36.6 Å². The molecule has 0 spiro atoms. The summed E-state index contributed by atoms with van der Waals surface area (Å²) in [6.07, 6.45) is 6.53. The Morgan fingerprint density at radius 2 is 1.95 bits per heavy atom. The standard InChI is InChI=1S/C17H26N2/c1-14(19-10-4-5-11-19)13-18-17-9-8-15-6-2-3-7-16(15)12-17/h2-3,6-7,14,17-18H,4-5,8-13H2,1H3. The van der Waals surface area contributed by atoms with E-state index in [9.17, 15) is 0 Å². The highest BCUT2D eigenvalue weighted by Gasteiger charge is 2.21. The quantitative estimate of drug-likeness (QED) is 0.893. The fourth-order valence-corrected chi connectivity index (χ4v) is 3.52.